The van der Waals surface area contributed by atoms with Crippen LogP contribution in [0.1, 0.15) is 25.0 Å². The average Bonchev–Trinajstić information content (AvgIpc) is 3.11. The van der Waals surface area contributed by atoms with Crippen molar-refractivity contribution in [2.24, 2.45) is 5.92 Å². The van der Waals surface area contributed by atoms with E-state index in [2.05, 4.69) is 13.8 Å². The van der Waals surface area contributed by atoms with Crippen LogP contribution in [0.3, 0.4) is 0 Å². The highest BCUT2D eigenvalue weighted by Gasteiger charge is 2.18. The van der Waals surface area contributed by atoms with Crippen LogP contribution in [0.2, 0.25) is 0 Å². The number of aliphatic hydroxyl groups is 1. The number of fused-ring (bicyclic) bond motifs is 1. The number of nitrogens with zero attached hydrogens (tertiary/aromatic N) is 1. The van der Waals surface area contributed by atoms with Crippen LogP contribution in [0, 0.1) is 11.7 Å². The minimum absolute atomic E-state index is 0.226. The molecule has 1 atom stereocenters. The number of hydrogen-bond acceptors (Lipinski definition) is 5. The molecule has 6 heteroatoms. The van der Waals surface area contributed by atoms with Gasteiger partial charge in [0.25, 0.3) is 0 Å². The van der Waals surface area contributed by atoms with Gasteiger partial charge >= 0.3 is 0 Å². The molecule has 0 aromatic heterocycles. The fraction of sp³-hybridized carbons (Fsp3) is 0.455. The number of halogens is 1. The molecule has 0 saturated carbocycles. The molecule has 2 aromatic rings. The first-order chi connectivity index (χ1) is 13.5. The van der Waals surface area contributed by atoms with E-state index in [9.17, 15) is 9.50 Å². The van der Waals surface area contributed by atoms with Crippen molar-refractivity contribution in [2.75, 3.05) is 26.6 Å². The van der Waals surface area contributed by atoms with E-state index >= 15 is 0 Å². The molecule has 5 nitrogen and oxygen atoms in total. The lowest BCUT2D eigenvalue weighted by molar-refractivity contribution is 0.00539. The summed E-state index contributed by atoms with van der Waals surface area (Å²) in [5.74, 6) is 1.61. The largest absolute Gasteiger partial charge is 0.454 e. The van der Waals surface area contributed by atoms with Gasteiger partial charge in [-0.3, -0.25) is 4.90 Å². The number of ether oxygens (including phenoxy) is 3. The van der Waals surface area contributed by atoms with Gasteiger partial charge in [-0.25, -0.2) is 4.39 Å². The second-order valence-electron chi connectivity index (χ2n) is 7.53. The molecule has 1 aliphatic rings. The topological polar surface area (TPSA) is 51.2 Å². The lowest BCUT2D eigenvalue weighted by atomic mass is 10.1. The van der Waals surface area contributed by atoms with Crippen LogP contribution in [0.4, 0.5) is 4.39 Å². The molecule has 0 bridgehead atoms. The lowest BCUT2D eigenvalue weighted by Gasteiger charge is -2.26. The Labute approximate surface area is 165 Å². The third-order valence-corrected chi connectivity index (χ3v) is 4.43. The average molecular weight is 389 g/mol. The van der Waals surface area contributed by atoms with Crippen molar-refractivity contribution in [3.05, 3.63) is 59.4 Å². The Morgan fingerprint density at radius 3 is 2.64 bits per heavy atom. The third-order valence-electron chi connectivity index (χ3n) is 4.43. The van der Waals surface area contributed by atoms with Crippen molar-refractivity contribution < 1.29 is 23.7 Å². The van der Waals surface area contributed by atoms with Crippen molar-refractivity contribution in [2.45, 2.75) is 33.0 Å². The molecule has 0 amide bonds. The second-order valence-corrected chi connectivity index (χ2v) is 7.53. The predicted octanol–water partition coefficient (Wildman–Crippen LogP) is 3.59. The Kier molecular flexibility index (Phi) is 7.25. The summed E-state index contributed by atoms with van der Waals surface area (Å²) >= 11 is 0. The van der Waals surface area contributed by atoms with Gasteiger partial charge in [-0.15, -0.1) is 0 Å². The van der Waals surface area contributed by atoms with Gasteiger partial charge in [0.1, 0.15) is 5.82 Å². The van der Waals surface area contributed by atoms with Crippen LogP contribution >= 0.6 is 0 Å². The third kappa shape index (κ3) is 5.92. The highest BCUT2D eigenvalue weighted by Crippen LogP contribution is 2.33. The molecule has 0 saturated heterocycles. The van der Waals surface area contributed by atoms with Crippen molar-refractivity contribution in [1.82, 2.24) is 4.90 Å². The van der Waals surface area contributed by atoms with Gasteiger partial charge in [0.05, 0.1) is 12.7 Å². The van der Waals surface area contributed by atoms with E-state index in [1.807, 2.05) is 29.2 Å². The lowest BCUT2D eigenvalue weighted by Crippen LogP contribution is -2.34. The summed E-state index contributed by atoms with van der Waals surface area (Å²) in [6, 6.07) is 12.5. The van der Waals surface area contributed by atoms with Crippen molar-refractivity contribution in [1.29, 1.82) is 0 Å². The summed E-state index contributed by atoms with van der Waals surface area (Å²) in [6.07, 6.45) is -0.653. The Morgan fingerprint density at radius 1 is 1.07 bits per heavy atom. The highest BCUT2D eigenvalue weighted by molar-refractivity contribution is 5.44. The zero-order chi connectivity index (χ0) is 19.9. The van der Waals surface area contributed by atoms with Crippen LogP contribution in [-0.2, 0) is 17.8 Å². The van der Waals surface area contributed by atoms with Gasteiger partial charge in [0.2, 0.25) is 6.79 Å². The maximum atomic E-state index is 14.1. The molecular formula is C22H28FNO4. The summed E-state index contributed by atoms with van der Waals surface area (Å²) in [5, 5.41) is 10.4. The molecule has 152 valence electrons. The van der Waals surface area contributed by atoms with Crippen molar-refractivity contribution in [3.63, 3.8) is 0 Å². The van der Waals surface area contributed by atoms with Gasteiger partial charge in [-0.1, -0.05) is 38.1 Å². The zero-order valence-electron chi connectivity index (χ0n) is 16.4. The minimum Gasteiger partial charge on any atom is -0.454 e. The molecule has 1 heterocycles. The highest BCUT2D eigenvalue weighted by atomic mass is 19.1. The minimum atomic E-state index is -0.653. The predicted molar refractivity (Wildman–Crippen MR) is 105 cm³/mol. The molecular weight excluding hydrogens is 361 g/mol. The van der Waals surface area contributed by atoms with Gasteiger partial charge in [-0.05, 0) is 29.7 Å². The summed E-state index contributed by atoms with van der Waals surface area (Å²) in [5.41, 5.74) is 1.61. The molecule has 2 aromatic carbocycles. The smallest absolute Gasteiger partial charge is 0.231 e. The quantitative estimate of drug-likeness (QED) is 0.673. The maximum absolute atomic E-state index is 14.1. The SMILES string of the molecule is CC(C)COC[C@H](O)CN(Cc1ccc2c(c1)OCO2)Cc1ccccc1F. The monoisotopic (exact) mass is 389 g/mol. The number of rotatable bonds is 10. The van der Waals surface area contributed by atoms with E-state index in [1.165, 1.54) is 6.07 Å². The summed E-state index contributed by atoms with van der Waals surface area (Å²) < 4.78 is 30.5. The number of aliphatic hydroxyl groups excluding tert-OH is 1. The Bertz CT molecular complexity index is 768. The summed E-state index contributed by atoms with van der Waals surface area (Å²) in [7, 11) is 0. The van der Waals surface area contributed by atoms with Crippen LogP contribution in [0.15, 0.2) is 42.5 Å². The Balaban J connectivity index is 1.67. The standard InChI is InChI=1S/C22H28FNO4/c1-16(2)13-26-14-19(25)12-24(11-18-5-3-4-6-20(18)23)10-17-7-8-21-22(9-17)28-15-27-21/h3-9,16,19,25H,10-15H2,1-2H3/t19-/m1/s1. The van der Waals surface area contributed by atoms with Gasteiger partial charge in [0.15, 0.2) is 11.5 Å². The molecule has 0 radical (unpaired) electrons. The molecule has 0 fully saturated rings. The van der Waals surface area contributed by atoms with Crippen molar-refractivity contribution >= 4 is 0 Å². The van der Waals surface area contributed by atoms with E-state index in [0.29, 0.717) is 43.5 Å². The van der Waals surface area contributed by atoms with E-state index in [-0.39, 0.29) is 19.2 Å². The van der Waals surface area contributed by atoms with E-state index in [1.54, 1.807) is 12.1 Å². The van der Waals surface area contributed by atoms with E-state index in [4.69, 9.17) is 14.2 Å². The van der Waals surface area contributed by atoms with Gasteiger partial charge < -0.3 is 19.3 Å². The zero-order valence-corrected chi connectivity index (χ0v) is 16.4. The molecule has 0 spiro atoms. The van der Waals surface area contributed by atoms with E-state index in [0.717, 1.165) is 11.3 Å². The van der Waals surface area contributed by atoms with E-state index < -0.39 is 6.10 Å². The van der Waals surface area contributed by atoms with Crippen LogP contribution in [0.25, 0.3) is 0 Å². The number of hydrogen-bond donors (Lipinski definition) is 1. The molecule has 1 N–H and O–H groups in total. The second kappa shape index (κ2) is 9.87. The molecule has 3 rings (SSSR count). The Morgan fingerprint density at radius 2 is 1.86 bits per heavy atom. The summed E-state index contributed by atoms with van der Waals surface area (Å²) in [4.78, 5) is 2.01. The fourth-order valence-corrected chi connectivity index (χ4v) is 3.14. The first-order valence-corrected chi connectivity index (χ1v) is 9.61. The van der Waals surface area contributed by atoms with Crippen molar-refractivity contribution in [3.8, 4) is 11.5 Å². The first-order valence-electron chi connectivity index (χ1n) is 9.61. The first kappa shape index (κ1) is 20.6. The summed E-state index contributed by atoms with van der Waals surface area (Å²) in [6.45, 7) is 6.53. The normalized spacial score (nSPS) is 14.1. The molecule has 0 aliphatic carbocycles. The molecule has 0 unspecified atom stereocenters. The molecule has 28 heavy (non-hydrogen) atoms. The fourth-order valence-electron chi connectivity index (χ4n) is 3.14. The van der Waals surface area contributed by atoms with Crippen LogP contribution < -0.4 is 9.47 Å². The molecule has 1 aliphatic heterocycles. The maximum Gasteiger partial charge on any atom is 0.231 e. The van der Waals surface area contributed by atoms with Crippen LogP contribution in [-0.4, -0.2) is 42.7 Å². The number of benzene rings is 2. The Hall–Kier alpha value is -2.15. The van der Waals surface area contributed by atoms with Crippen LogP contribution in [0.5, 0.6) is 11.5 Å². The van der Waals surface area contributed by atoms with Gasteiger partial charge in [-0.2, -0.15) is 0 Å². The van der Waals surface area contributed by atoms with Gasteiger partial charge in [0, 0.05) is 31.8 Å².